The summed E-state index contributed by atoms with van der Waals surface area (Å²) in [6.45, 7) is 6.49. The van der Waals surface area contributed by atoms with E-state index in [1.807, 2.05) is 36.4 Å². The van der Waals surface area contributed by atoms with Crippen LogP contribution >= 0.6 is 12.6 Å². The van der Waals surface area contributed by atoms with Gasteiger partial charge < -0.3 is 0 Å². The third kappa shape index (κ3) is 1.41. The maximum absolute atomic E-state index is 12.8. The van der Waals surface area contributed by atoms with Crippen LogP contribution < -0.4 is 0 Å². The molecule has 0 radical (unpaired) electrons. The Morgan fingerprint density at radius 1 is 1.11 bits per heavy atom. The van der Waals surface area contributed by atoms with E-state index in [9.17, 15) is 4.79 Å². The predicted octanol–water partition coefficient (Wildman–Crippen LogP) is 4.15. The molecular weight excluding hydrogens is 252 g/mol. The van der Waals surface area contributed by atoms with Crippen LogP contribution in [-0.2, 0) is 4.79 Å². The van der Waals surface area contributed by atoms with Gasteiger partial charge in [-0.15, -0.1) is 0 Å². The number of hydrogen-bond donors (Lipinski definition) is 1. The fourth-order valence-electron chi connectivity index (χ4n) is 3.77. The summed E-state index contributed by atoms with van der Waals surface area (Å²) in [7, 11) is 0. The third-order valence-electron chi connectivity index (χ3n) is 5.70. The SMILES string of the molecule is CC12CCC(S)(C(=Cc3ccccc3)C1=O)C2(C)C. The van der Waals surface area contributed by atoms with Gasteiger partial charge in [-0.1, -0.05) is 51.1 Å². The van der Waals surface area contributed by atoms with Crippen molar-refractivity contribution in [1.29, 1.82) is 0 Å². The summed E-state index contributed by atoms with van der Waals surface area (Å²) in [4.78, 5) is 12.8. The average Bonchev–Trinajstić information content (AvgIpc) is 2.63. The van der Waals surface area contributed by atoms with E-state index >= 15 is 0 Å². The van der Waals surface area contributed by atoms with Crippen LogP contribution in [0.5, 0.6) is 0 Å². The van der Waals surface area contributed by atoms with Crippen molar-refractivity contribution >= 4 is 24.5 Å². The summed E-state index contributed by atoms with van der Waals surface area (Å²) < 4.78 is -0.283. The number of hydrogen-bond acceptors (Lipinski definition) is 2. The lowest BCUT2D eigenvalue weighted by atomic mass is 9.70. The number of rotatable bonds is 1. The first kappa shape index (κ1) is 13.0. The van der Waals surface area contributed by atoms with Crippen LogP contribution in [0.3, 0.4) is 0 Å². The van der Waals surface area contributed by atoms with E-state index in [0.717, 1.165) is 24.0 Å². The monoisotopic (exact) mass is 272 g/mol. The molecule has 0 amide bonds. The Balaban J connectivity index is 2.15. The topological polar surface area (TPSA) is 17.1 Å². The molecule has 2 aliphatic carbocycles. The van der Waals surface area contributed by atoms with E-state index in [2.05, 4.69) is 20.8 Å². The van der Waals surface area contributed by atoms with E-state index in [-0.39, 0.29) is 15.6 Å². The first-order valence-corrected chi connectivity index (χ1v) is 7.32. The van der Waals surface area contributed by atoms with E-state index in [4.69, 9.17) is 12.6 Å². The normalized spacial score (nSPS) is 38.1. The number of benzene rings is 1. The molecule has 0 aliphatic heterocycles. The lowest BCUT2D eigenvalue weighted by Crippen LogP contribution is -2.36. The van der Waals surface area contributed by atoms with Crippen LogP contribution in [0.25, 0.3) is 6.08 Å². The van der Waals surface area contributed by atoms with Crippen molar-refractivity contribution in [3.63, 3.8) is 0 Å². The van der Waals surface area contributed by atoms with Crippen molar-refractivity contribution in [2.75, 3.05) is 0 Å². The van der Waals surface area contributed by atoms with Gasteiger partial charge in [-0.3, -0.25) is 4.79 Å². The van der Waals surface area contributed by atoms with Crippen LogP contribution in [0.1, 0.15) is 39.2 Å². The summed E-state index contributed by atoms with van der Waals surface area (Å²) >= 11 is 4.95. The molecule has 2 atom stereocenters. The molecule has 2 unspecified atom stereocenters. The van der Waals surface area contributed by atoms with Gasteiger partial charge in [0.15, 0.2) is 5.78 Å². The molecule has 3 rings (SSSR count). The van der Waals surface area contributed by atoms with E-state index in [0.29, 0.717) is 5.78 Å². The van der Waals surface area contributed by atoms with Gasteiger partial charge in [0.2, 0.25) is 0 Å². The molecule has 100 valence electrons. The number of Topliss-reactive ketones (excluding diaryl/α,β-unsaturated/α-hetero) is 1. The summed E-state index contributed by atoms with van der Waals surface area (Å²) in [5.74, 6) is 0.294. The lowest BCUT2D eigenvalue weighted by molar-refractivity contribution is -0.125. The molecule has 2 fully saturated rings. The van der Waals surface area contributed by atoms with Crippen LogP contribution in [-0.4, -0.2) is 10.5 Å². The first-order chi connectivity index (χ1) is 8.83. The summed E-state index contributed by atoms with van der Waals surface area (Å²) in [6.07, 6.45) is 3.99. The zero-order chi connectivity index (χ0) is 13.9. The Bertz CT molecular complexity index is 572. The molecule has 1 aromatic carbocycles. The van der Waals surface area contributed by atoms with Crippen molar-refractivity contribution in [3.05, 3.63) is 41.5 Å². The standard InChI is InChI=1S/C17H20OS/c1-15(2)16(3)9-10-17(15,19)13(14(16)18)11-12-7-5-4-6-8-12/h4-8,11,19H,9-10H2,1-3H3. The molecule has 0 saturated heterocycles. The van der Waals surface area contributed by atoms with Crippen molar-refractivity contribution in [2.24, 2.45) is 10.8 Å². The number of ketones is 1. The second-order valence-electron chi connectivity index (χ2n) is 6.62. The van der Waals surface area contributed by atoms with Gasteiger partial charge in [0.05, 0.1) is 0 Å². The highest BCUT2D eigenvalue weighted by Crippen LogP contribution is 2.70. The molecule has 1 nitrogen and oxygen atoms in total. The van der Waals surface area contributed by atoms with Gasteiger partial charge in [-0.05, 0) is 29.9 Å². The fraction of sp³-hybridized carbons (Fsp3) is 0.471. The molecule has 0 aromatic heterocycles. The van der Waals surface area contributed by atoms with Crippen molar-refractivity contribution in [3.8, 4) is 0 Å². The summed E-state index contributed by atoms with van der Waals surface area (Å²) in [6, 6.07) is 10.1. The highest BCUT2D eigenvalue weighted by Gasteiger charge is 2.70. The Morgan fingerprint density at radius 2 is 1.74 bits per heavy atom. The van der Waals surface area contributed by atoms with Crippen molar-refractivity contribution in [1.82, 2.24) is 0 Å². The quantitative estimate of drug-likeness (QED) is 0.600. The van der Waals surface area contributed by atoms with Gasteiger partial charge in [0, 0.05) is 15.7 Å². The maximum atomic E-state index is 12.8. The fourth-order valence-corrected chi connectivity index (χ4v) is 4.29. The Kier molecular flexibility index (Phi) is 2.57. The molecule has 2 aliphatic rings. The third-order valence-corrected chi connectivity index (χ3v) is 6.73. The molecule has 0 N–H and O–H groups in total. The van der Waals surface area contributed by atoms with Crippen LogP contribution in [0, 0.1) is 10.8 Å². The van der Waals surface area contributed by atoms with Gasteiger partial charge in [-0.25, -0.2) is 0 Å². The Hall–Kier alpha value is -1.02. The maximum Gasteiger partial charge on any atom is 0.166 e. The number of thiol groups is 1. The molecule has 1 aromatic rings. The van der Waals surface area contributed by atoms with Gasteiger partial charge >= 0.3 is 0 Å². The van der Waals surface area contributed by atoms with Crippen molar-refractivity contribution < 1.29 is 4.79 Å². The predicted molar refractivity (Wildman–Crippen MR) is 82.3 cm³/mol. The van der Waals surface area contributed by atoms with Gasteiger partial charge in [0.25, 0.3) is 0 Å². The van der Waals surface area contributed by atoms with E-state index < -0.39 is 0 Å². The largest absolute Gasteiger partial charge is 0.294 e. The second-order valence-corrected chi connectivity index (χ2v) is 7.38. The minimum Gasteiger partial charge on any atom is -0.294 e. The van der Waals surface area contributed by atoms with Crippen LogP contribution in [0.15, 0.2) is 35.9 Å². The van der Waals surface area contributed by atoms with E-state index in [1.54, 1.807) is 0 Å². The van der Waals surface area contributed by atoms with E-state index in [1.165, 1.54) is 0 Å². The summed E-state index contributed by atoms with van der Waals surface area (Å²) in [5, 5.41) is 0. The molecule has 19 heavy (non-hydrogen) atoms. The average molecular weight is 272 g/mol. The Labute approximate surface area is 120 Å². The van der Waals surface area contributed by atoms with Crippen LogP contribution in [0.2, 0.25) is 0 Å². The number of carbonyl (C=O) groups excluding carboxylic acids is 1. The highest BCUT2D eigenvalue weighted by atomic mass is 32.1. The molecule has 2 saturated carbocycles. The molecule has 0 spiro atoms. The second kappa shape index (κ2) is 3.76. The van der Waals surface area contributed by atoms with Crippen molar-refractivity contribution in [2.45, 2.75) is 38.4 Å². The molecule has 2 heteroatoms. The minimum atomic E-state index is -0.283. The number of carbonyl (C=O) groups is 1. The number of fused-ring (bicyclic) bond motifs is 2. The van der Waals surface area contributed by atoms with Gasteiger partial charge in [-0.2, -0.15) is 12.6 Å². The summed E-state index contributed by atoms with van der Waals surface area (Å²) in [5.41, 5.74) is 1.66. The molecule has 2 bridgehead atoms. The Morgan fingerprint density at radius 3 is 2.26 bits per heavy atom. The zero-order valence-corrected chi connectivity index (χ0v) is 12.6. The highest BCUT2D eigenvalue weighted by molar-refractivity contribution is 7.82. The first-order valence-electron chi connectivity index (χ1n) is 6.87. The molecule has 0 heterocycles. The lowest BCUT2D eigenvalue weighted by Gasteiger charge is -2.36. The zero-order valence-electron chi connectivity index (χ0n) is 11.7. The minimum absolute atomic E-state index is 0.0825. The van der Waals surface area contributed by atoms with Crippen LogP contribution in [0.4, 0.5) is 0 Å². The van der Waals surface area contributed by atoms with Gasteiger partial charge in [0.1, 0.15) is 0 Å². The smallest absolute Gasteiger partial charge is 0.166 e. The molecular formula is C17H20OS.